The highest BCUT2D eigenvalue weighted by Gasteiger charge is 2.16. The summed E-state index contributed by atoms with van der Waals surface area (Å²) in [5.74, 6) is 0.236. The number of nitro groups is 1. The van der Waals surface area contributed by atoms with Crippen LogP contribution in [0.15, 0.2) is 12.1 Å². The number of hydrogen-bond donors (Lipinski definition) is 2. The Kier molecular flexibility index (Phi) is 5.52. The number of anilines is 1. The summed E-state index contributed by atoms with van der Waals surface area (Å²) in [4.78, 5) is 25.5. The highest BCUT2D eigenvalue weighted by Crippen LogP contribution is 2.24. The van der Waals surface area contributed by atoms with Gasteiger partial charge in [-0.15, -0.1) is 0 Å². The topological polar surface area (TPSA) is 106 Å². The molecule has 0 saturated carbocycles. The van der Waals surface area contributed by atoms with E-state index in [2.05, 4.69) is 15.6 Å². The molecule has 1 aromatic heterocycles. The lowest BCUT2D eigenvalue weighted by Gasteiger charge is -2.07. The Morgan fingerprint density at radius 1 is 1.53 bits per heavy atom. The van der Waals surface area contributed by atoms with Gasteiger partial charge in [-0.1, -0.05) is 0 Å². The molecule has 0 saturated heterocycles. The maximum absolute atomic E-state index is 11.2. The molecule has 0 unspecified atom stereocenters. The molecule has 1 aromatic rings. The van der Waals surface area contributed by atoms with Gasteiger partial charge in [0, 0.05) is 31.6 Å². The number of amides is 1. The van der Waals surface area contributed by atoms with Crippen molar-refractivity contribution in [2.75, 3.05) is 25.5 Å². The fourth-order valence-corrected chi connectivity index (χ4v) is 1.40. The van der Waals surface area contributed by atoms with Crippen LogP contribution >= 0.6 is 0 Å². The third-order valence-corrected chi connectivity index (χ3v) is 2.27. The second-order valence-electron chi connectivity index (χ2n) is 3.61. The second-order valence-corrected chi connectivity index (χ2v) is 3.61. The Morgan fingerprint density at radius 2 is 2.26 bits per heavy atom. The van der Waals surface area contributed by atoms with E-state index in [9.17, 15) is 14.9 Å². The maximum Gasteiger partial charge on any atom is 0.311 e. The number of carbonyl (C=O) groups excluding carboxylic acids is 1. The van der Waals surface area contributed by atoms with Crippen molar-refractivity contribution in [3.63, 3.8) is 0 Å². The zero-order chi connectivity index (χ0) is 14.3. The fraction of sp³-hybridized carbons (Fsp3) is 0.455. The van der Waals surface area contributed by atoms with Crippen molar-refractivity contribution in [1.82, 2.24) is 10.3 Å². The minimum absolute atomic E-state index is 0.0913. The summed E-state index contributed by atoms with van der Waals surface area (Å²) in [7, 11) is 1.42. The molecular weight excluding hydrogens is 252 g/mol. The lowest BCUT2D eigenvalue weighted by molar-refractivity contribution is -0.384. The third kappa shape index (κ3) is 4.41. The summed E-state index contributed by atoms with van der Waals surface area (Å²) in [6.07, 6.45) is 0.212. The standard InChI is InChI=1S/C11H16N4O4/c1-3-12-9(16)6-7-13-11-8(15(17)18)4-5-10(14-11)19-2/h4-5H,3,6-7H2,1-2H3,(H,12,16)(H,13,14). The molecular formula is C11H16N4O4. The number of aromatic nitrogens is 1. The Balaban J connectivity index is 2.69. The van der Waals surface area contributed by atoms with Crippen LogP contribution in [0.25, 0.3) is 0 Å². The smallest absolute Gasteiger partial charge is 0.311 e. The quantitative estimate of drug-likeness (QED) is 0.563. The number of ether oxygens (including phenoxy) is 1. The molecule has 1 amide bonds. The van der Waals surface area contributed by atoms with E-state index in [1.54, 1.807) is 0 Å². The van der Waals surface area contributed by atoms with Gasteiger partial charge in [-0.05, 0) is 6.92 Å². The van der Waals surface area contributed by atoms with Gasteiger partial charge in [0.25, 0.3) is 0 Å². The molecule has 0 aromatic carbocycles. The Labute approximate surface area is 110 Å². The van der Waals surface area contributed by atoms with Gasteiger partial charge in [-0.25, -0.2) is 0 Å². The third-order valence-electron chi connectivity index (χ3n) is 2.27. The number of methoxy groups -OCH3 is 1. The van der Waals surface area contributed by atoms with Crippen LogP contribution in [0.1, 0.15) is 13.3 Å². The fourth-order valence-electron chi connectivity index (χ4n) is 1.40. The highest BCUT2D eigenvalue weighted by atomic mass is 16.6. The minimum atomic E-state index is -0.541. The number of hydrogen-bond acceptors (Lipinski definition) is 6. The van der Waals surface area contributed by atoms with Gasteiger partial charge < -0.3 is 15.4 Å². The molecule has 1 rings (SSSR count). The molecule has 0 aliphatic heterocycles. The van der Waals surface area contributed by atoms with Gasteiger partial charge in [0.1, 0.15) is 0 Å². The van der Waals surface area contributed by atoms with E-state index >= 15 is 0 Å². The Bertz CT molecular complexity index is 464. The van der Waals surface area contributed by atoms with Crippen molar-refractivity contribution in [3.8, 4) is 5.88 Å². The van der Waals surface area contributed by atoms with Crippen LogP contribution in [0.4, 0.5) is 11.5 Å². The highest BCUT2D eigenvalue weighted by molar-refractivity contribution is 5.76. The summed E-state index contributed by atoms with van der Waals surface area (Å²) < 4.78 is 4.90. The number of nitrogens with one attached hydrogen (secondary N) is 2. The average Bonchev–Trinajstić information content (AvgIpc) is 2.38. The first kappa shape index (κ1) is 14.7. The molecule has 0 spiro atoms. The van der Waals surface area contributed by atoms with E-state index in [0.717, 1.165) is 0 Å². The normalized spacial score (nSPS) is 9.79. The molecule has 2 N–H and O–H groups in total. The van der Waals surface area contributed by atoms with Crippen LogP contribution in [0.3, 0.4) is 0 Å². The maximum atomic E-state index is 11.2. The first-order valence-corrected chi connectivity index (χ1v) is 5.78. The zero-order valence-corrected chi connectivity index (χ0v) is 10.8. The molecule has 19 heavy (non-hydrogen) atoms. The molecule has 0 fully saturated rings. The van der Waals surface area contributed by atoms with Crippen LogP contribution in [-0.2, 0) is 4.79 Å². The van der Waals surface area contributed by atoms with Crippen molar-refractivity contribution in [1.29, 1.82) is 0 Å². The van der Waals surface area contributed by atoms with Gasteiger partial charge >= 0.3 is 5.69 Å². The predicted octanol–water partition coefficient (Wildman–Crippen LogP) is 0.936. The molecule has 1 heterocycles. The van der Waals surface area contributed by atoms with Crippen LogP contribution in [-0.4, -0.2) is 36.0 Å². The molecule has 0 radical (unpaired) electrons. The largest absolute Gasteiger partial charge is 0.481 e. The molecule has 8 heteroatoms. The van der Waals surface area contributed by atoms with Gasteiger partial charge in [0.15, 0.2) is 0 Å². The predicted molar refractivity (Wildman–Crippen MR) is 69.2 cm³/mol. The molecule has 0 aliphatic rings. The SMILES string of the molecule is CCNC(=O)CCNc1nc(OC)ccc1[N+](=O)[O-]. The van der Waals surface area contributed by atoms with Gasteiger partial charge in [0.05, 0.1) is 12.0 Å². The van der Waals surface area contributed by atoms with Crippen molar-refractivity contribution in [2.45, 2.75) is 13.3 Å². The van der Waals surface area contributed by atoms with Gasteiger partial charge in [-0.3, -0.25) is 14.9 Å². The first-order valence-electron chi connectivity index (χ1n) is 5.78. The van der Waals surface area contributed by atoms with Crippen LogP contribution in [0.2, 0.25) is 0 Å². The molecule has 0 bridgehead atoms. The van der Waals surface area contributed by atoms with Crippen LogP contribution in [0.5, 0.6) is 5.88 Å². The summed E-state index contributed by atoms with van der Waals surface area (Å²) in [6.45, 7) is 2.63. The van der Waals surface area contributed by atoms with Crippen molar-refractivity contribution < 1.29 is 14.5 Å². The lowest BCUT2D eigenvalue weighted by atomic mass is 10.3. The zero-order valence-electron chi connectivity index (χ0n) is 10.8. The van der Waals surface area contributed by atoms with E-state index in [4.69, 9.17) is 4.74 Å². The average molecular weight is 268 g/mol. The number of rotatable bonds is 7. The summed E-state index contributed by atoms with van der Waals surface area (Å²) in [5, 5.41) is 16.2. The molecule has 0 aliphatic carbocycles. The number of pyridine rings is 1. The van der Waals surface area contributed by atoms with E-state index < -0.39 is 4.92 Å². The van der Waals surface area contributed by atoms with E-state index in [1.165, 1.54) is 19.2 Å². The molecule has 0 atom stereocenters. The van der Waals surface area contributed by atoms with Gasteiger partial charge in [-0.2, -0.15) is 4.98 Å². The van der Waals surface area contributed by atoms with Crippen LogP contribution in [0, 0.1) is 10.1 Å². The molecule has 8 nitrogen and oxygen atoms in total. The second kappa shape index (κ2) is 7.14. The molecule has 104 valence electrons. The summed E-state index contributed by atoms with van der Waals surface area (Å²) in [5.41, 5.74) is -0.156. The van der Waals surface area contributed by atoms with Gasteiger partial charge in [0.2, 0.25) is 17.6 Å². The summed E-state index contributed by atoms with van der Waals surface area (Å²) in [6, 6.07) is 2.72. The monoisotopic (exact) mass is 268 g/mol. The number of nitrogens with zero attached hydrogens (tertiary/aromatic N) is 2. The van der Waals surface area contributed by atoms with E-state index in [1.807, 2.05) is 6.92 Å². The Morgan fingerprint density at radius 3 is 2.84 bits per heavy atom. The van der Waals surface area contributed by atoms with E-state index in [-0.39, 0.29) is 36.3 Å². The lowest BCUT2D eigenvalue weighted by Crippen LogP contribution is -2.25. The van der Waals surface area contributed by atoms with Crippen molar-refractivity contribution in [3.05, 3.63) is 22.2 Å². The van der Waals surface area contributed by atoms with Crippen molar-refractivity contribution in [2.24, 2.45) is 0 Å². The number of carbonyl (C=O) groups is 1. The van der Waals surface area contributed by atoms with Crippen molar-refractivity contribution >= 4 is 17.4 Å². The summed E-state index contributed by atoms with van der Waals surface area (Å²) >= 11 is 0. The van der Waals surface area contributed by atoms with E-state index in [0.29, 0.717) is 6.54 Å². The minimum Gasteiger partial charge on any atom is -0.481 e. The Hall–Kier alpha value is -2.38. The van der Waals surface area contributed by atoms with Crippen LogP contribution < -0.4 is 15.4 Å². The first-order chi connectivity index (χ1) is 9.08.